The second kappa shape index (κ2) is 3.01. The molecule has 2 nitrogen and oxygen atoms in total. The maximum absolute atomic E-state index is 9.85. The fraction of sp³-hybridized carbons (Fsp3) is 0.250. The first-order valence-electron chi connectivity index (χ1n) is 1.73. The molecule has 0 saturated carbocycles. The number of halogens is 1. The van der Waals surface area contributed by atoms with E-state index in [0.717, 1.165) is 0 Å². The van der Waals surface area contributed by atoms with Crippen LogP contribution in [-0.4, -0.2) is 11.1 Å². The maximum Gasteiger partial charge on any atom is 0.341 e. The third-order valence-corrected chi connectivity index (χ3v) is 1.54. The molecule has 0 amide bonds. The van der Waals surface area contributed by atoms with E-state index in [4.69, 9.17) is 5.11 Å². The molecule has 0 aromatic rings. The monoisotopic (exact) mass is 212 g/mol. The van der Waals surface area contributed by atoms with Crippen molar-refractivity contribution < 1.29 is 9.90 Å². The molecule has 0 unspecified atom stereocenters. The molecule has 0 aliphatic carbocycles. The summed E-state index contributed by atoms with van der Waals surface area (Å²) in [5, 5.41) is 8.11. The SMILES string of the molecule is CC=C(I)C(=O)O. The largest absolute Gasteiger partial charge is 0.477 e. The number of carbonyl (C=O) groups is 1. The highest BCUT2D eigenvalue weighted by Gasteiger charge is 1.96. The summed E-state index contributed by atoms with van der Waals surface area (Å²) in [6.07, 6.45) is 1.54. The van der Waals surface area contributed by atoms with Gasteiger partial charge in [0.25, 0.3) is 0 Å². The van der Waals surface area contributed by atoms with Crippen LogP contribution in [0.4, 0.5) is 0 Å². The molecule has 0 radical (unpaired) electrons. The average molecular weight is 212 g/mol. The van der Waals surface area contributed by atoms with Gasteiger partial charge in [-0.3, -0.25) is 0 Å². The summed E-state index contributed by atoms with van der Waals surface area (Å²) in [4.78, 5) is 9.85. The van der Waals surface area contributed by atoms with Gasteiger partial charge in [-0.05, 0) is 29.5 Å². The molecular weight excluding hydrogens is 207 g/mol. The first-order chi connectivity index (χ1) is 3.18. The van der Waals surface area contributed by atoms with Gasteiger partial charge in [0.05, 0.1) is 3.58 Å². The highest BCUT2D eigenvalue weighted by atomic mass is 127. The van der Waals surface area contributed by atoms with Crippen LogP contribution in [0.2, 0.25) is 0 Å². The van der Waals surface area contributed by atoms with Crippen molar-refractivity contribution in [2.24, 2.45) is 0 Å². The van der Waals surface area contributed by atoms with Crippen molar-refractivity contribution in [3.8, 4) is 0 Å². The molecule has 0 aliphatic heterocycles. The summed E-state index contributed by atoms with van der Waals surface area (Å²) in [5.74, 6) is -0.858. The molecule has 0 saturated heterocycles. The minimum absolute atomic E-state index is 0.359. The normalized spacial score (nSPS) is 11.4. The number of hydrogen-bond donors (Lipinski definition) is 1. The maximum atomic E-state index is 9.85. The van der Waals surface area contributed by atoms with Crippen molar-refractivity contribution in [3.63, 3.8) is 0 Å². The van der Waals surface area contributed by atoms with Crippen LogP contribution < -0.4 is 0 Å². The first kappa shape index (κ1) is 6.94. The fourth-order valence-electron chi connectivity index (χ4n) is 0.123. The Morgan fingerprint density at radius 2 is 2.29 bits per heavy atom. The first-order valence-corrected chi connectivity index (χ1v) is 2.81. The summed E-state index contributed by atoms with van der Waals surface area (Å²) < 4.78 is 0.359. The van der Waals surface area contributed by atoms with Gasteiger partial charge in [-0.1, -0.05) is 6.08 Å². The second-order valence-corrected chi connectivity index (χ2v) is 2.10. The smallest absolute Gasteiger partial charge is 0.341 e. The van der Waals surface area contributed by atoms with Crippen LogP contribution in [0.1, 0.15) is 6.92 Å². The molecule has 1 N–H and O–H groups in total. The molecule has 3 heteroatoms. The van der Waals surface area contributed by atoms with E-state index >= 15 is 0 Å². The Balaban J connectivity index is 3.82. The van der Waals surface area contributed by atoms with E-state index in [0.29, 0.717) is 3.58 Å². The van der Waals surface area contributed by atoms with Crippen molar-refractivity contribution in [2.75, 3.05) is 0 Å². The molecular formula is C4H5IO2. The Hall–Kier alpha value is -0.0600. The van der Waals surface area contributed by atoms with Gasteiger partial charge < -0.3 is 5.11 Å². The lowest BCUT2D eigenvalue weighted by Gasteiger charge is -1.81. The van der Waals surface area contributed by atoms with Gasteiger partial charge in [-0.2, -0.15) is 0 Å². The van der Waals surface area contributed by atoms with E-state index in [1.807, 2.05) is 0 Å². The average Bonchev–Trinajstić information content (AvgIpc) is 1.65. The molecule has 40 valence electrons. The summed E-state index contributed by atoms with van der Waals surface area (Å²) in [6, 6.07) is 0. The Kier molecular flexibility index (Phi) is 2.98. The molecule has 0 heterocycles. The fourth-order valence-corrected chi connectivity index (χ4v) is 0.123. The third kappa shape index (κ3) is 2.61. The highest BCUT2D eigenvalue weighted by molar-refractivity contribution is 14.1. The van der Waals surface area contributed by atoms with Gasteiger partial charge >= 0.3 is 5.97 Å². The van der Waals surface area contributed by atoms with Gasteiger partial charge in [0.2, 0.25) is 0 Å². The molecule has 0 fully saturated rings. The summed E-state index contributed by atoms with van der Waals surface area (Å²) in [7, 11) is 0. The summed E-state index contributed by atoms with van der Waals surface area (Å²) >= 11 is 1.76. The van der Waals surface area contributed by atoms with E-state index in [1.165, 1.54) is 0 Å². The zero-order valence-electron chi connectivity index (χ0n) is 3.81. The van der Waals surface area contributed by atoms with Crippen molar-refractivity contribution in [3.05, 3.63) is 9.66 Å². The highest BCUT2D eigenvalue weighted by Crippen LogP contribution is 2.02. The number of carboxylic acid groups (broad SMARTS) is 1. The molecule has 0 atom stereocenters. The minimum atomic E-state index is -0.858. The molecule has 0 aromatic carbocycles. The van der Waals surface area contributed by atoms with Crippen molar-refractivity contribution >= 4 is 28.6 Å². The summed E-state index contributed by atoms with van der Waals surface area (Å²) in [6.45, 7) is 1.69. The predicted octanol–water partition coefficient (Wildman–Crippen LogP) is 1.41. The van der Waals surface area contributed by atoms with Crippen molar-refractivity contribution in [2.45, 2.75) is 6.92 Å². The number of allylic oxidation sites excluding steroid dienone is 1. The number of rotatable bonds is 1. The van der Waals surface area contributed by atoms with Crippen LogP contribution >= 0.6 is 22.6 Å². The molecule has 0 aromatic heterocycles. The molecule has 0 aliphatic rings. The Morgan fingerprint density at radius 1 is 1.86 bits per heavy atom. The Labute approximate surface area is 55.4 Å². The number of aliphatic carboxylic acids is 1. The number of hydrogen-bond acceptors (Lipinski definition) is 1. The van der Waals surface area contributed by atoms with Gasteiger partial charge in [-0.25, -0.2) is 4.79 Å². The Morgan fingerprint density at radius 3 is 2.29 bits per heavy atom. The van der Waals surface area contributed by atoms with Crippen LogP contribution in [0, 0.1) is 0 Å². The zero-order chi connectivity index (χ0) is 5.86. The van der Waals surface area contributed by atoms with E-state index in [2.05, 4.69) is 0 Å². The van der Waals surface area contributed by atoms with Crippen LogP contribution in [0.15, 0.2) is 9.66 Å². The Bertz CT molecular complexity index is 106. The quantitative estimate of drug-likeness (QED) is 0.527. The van der Waals surface area contributed by atoms with Crippen LogP contribution in [0.3, 0.4) is 0 Å². The van der Waals surface area contributed by atoms with Gasteiger partial charge in [-0.15, -0.1) is 0 Å². The van der Waals surface area contributed by atoms with Gasteiger partial charge in [0.1, 0.15) is 0 Å². The second-order valence-electron chi connectivity index (χ2n) is 0.942. The minimum Gasteiger partial charge on any atom is -0.477 e. The lowest BCUT2D eigenvalue weighted by atomic mass is 10.5. The lowest BCUT2D eigenvalue weighted by molar-refractivity contribution is -0.131. The van der Waals surface area contributed by atoms with Crippen LogP contribution in [0.25, 0.3) is 0 Å². The van der Waals surface area contributed by atoms with Crippen molar-refractivity contribution in [1.82, 2.24) is 0 Å². The van der Waals surface area contributed by atoms with Crippen LogP contribution in [0.5, 0.6) is 0 Å². The van der Waals surface area contributed by atoms with E-state index < -0.39 is 5.97 Å². The van der Waals surface area contributed by atoms with Gasteiger partial charge in [0, 0.05) is 0 Å². The molecule has 0 bridgehead atoms. The summed E-state index contributed by atoms with van der Waals surface area (Å²) in [5.41, 5.74) is 0. The standard InChI is InChI=1S/C4H5IO2/c1-2-3(5)4(6)7/h2H,1H3,(H,6,7). The number of carboxylic acids is 1. The van der Waals surface area contributed by atoms with Crippen molar-refractivity contribution in [1.29, 1.82) is 0 Å². The third-order valence-electron chi connectivity index (χ3n) is 0.458. The van der Waals surface area contributed by atoms with Crippen LogP contribution in [-0.2, 0) is 4.79 Å². The van der Waals surface area contributed by atoms with E-state index in [9.17, 15) is 4.79 Å². The molecule has 0 spiro atoms. The molecule has 7 heavy (non-hydrogen) atoms. The zero-order valence-corrected chi connectivity index (χ0v) is 5.97. The van der Waals surface area contributed by atoms with E-state index in [-0.39, 0.29) is 0 Å². The predicted molar refractivity (Wildman–Crippen MR) is 35.4 cm³/mol. The molecule has 0 rings (SSSR count). The lowest BCUT2D eigenvalue weighted by Crippen LogP contribution is -1.90. The van der Waals surface area contributed by atoms with E-state index in [1.54, 1.807) is 35.6 Å². The van der Waals surface area contributed by atoms with Gasteiger partial charge in [0.15, 0.2) is 0 Å². The topological polar surface area (TPSA) is 37.3 Å².